The zero-order chi connectivity index (χ0) is 8.85. The second kappa shape index (κ2) is 5.52. The molecule has 2 atom stereocenters. The van der Waals surface area contributed by atoms with E-state index in [9.17, 15) is 5.11 Å². The van der Waals surface area contributed by atoms with E-state index in [0.29, 0.717) is 6.61 Å². The predicted octanol–water partition coefficient (Wildman–Crippen LogP) is 0.401. The molecule has 1 unspecified atom stereocenters. The minimum Gasteiger partial charge on any atom is -0.394 e. The molecule has 0 aliphatic carbocycles. The summed E-state index contributed by atoms with van der Waals surface area (Å²) >= 11 is 0. The van der Waals surface area contributed by atoms with E-state index in [1.54, 1.807) is 0 Å². The first-order valence-corrected chi connectivity index (χ1v) is 4.04. The normalized spacial score (nSPS) is 16.9. The monoisotopic (exact) mass is 162 g/mol. The Bertz CT molecular complexity index is 93.3. The van der Waals surface area contributed by atoms with Crippen molar-refractivity contribution < 1.29 is 14.9 Å². The lowest BCUT2D eigenvalue weighted by atomic mass is 10.0. The average molecular weight is 162 g/mol. The Kier molecular flexibility index (Phi) is 5.46. The van der Waals surface area contributed by atoms with Crippen molar-refractivity contribution in [1.82, 2.24) is 0 Å². The first kappa shape index (κ1) is 10.9. The van der Waals surface area contributed by atoms with Gasteiger partial charge in [-0.2, -0.15) is 0 Å². The molecule has 2 N–H and O–H groups in total. The number of hydrogen-bond donors (Lipinski definition) is 2. The van der Waals surface area contributed by atoms with Gasteiger partial charge in [-0.25, -0.2) is 0 Å². The van der Waals surface area contributed by atoms with Crippen molar-refractivity contribution in [3.05, 3.63) is 0 Å². The van der Waals surface area contributed by atoms with Gasteiger partial charge in [-0.15, -0.1) is 0 Å². The lowest BCUT2D eigenvalue weighted by Gasteiger charge is -2.24. The Morgan fingerprint density at radius 1 is 1.36 bits per heavy atom. The Labute approximate surface area is 68.0 Å². The van der Waals surface area contributed by atoms with Crippen molar-refractivity contribution in [2.45, 2.75) is 33.0 Å². The number of aliphatic hydroxyl groups is 2. The van der Waals surface area contributed by atoms with Gasteiger partial charge in [0.2, 0.25) is 0 Å². The van der Waals surface area contributed by atoms with E-state index in [1.165, 1.54) is 0 Å². The smallest absolute Gasteiger partial charge is 0.103 e. The third-order valence-electron chi connectivity index (χ3n) is 1.58. The maximum atomic E-state index is 9.24. The second-order valence-corrected chi connectivity index (χ2v) is 2.91. The van der Waals surface area contributed by atoms with Crippen LogP contribution in [-0.2, 0) is 4.74 Å². The van der Waals surface area contributed by atoms with Crippen LogP contribution in [0.5, 0.6) is 0 Å². The molecule has 68 valence electrons. The van der Waals surface area contributed by atoms with Crippen molar-refractivity contribution in [2.75, 3.05) is 13.2 Å². The lowest BCUT2D eigenvalue weighted by molar-refractivity contribution is -0.0749. The van der Waals surface area contributed by atoms with Crippen LogP contribution in [0.25, 0.3) is 0 Å². The standard InChI is InChI=1S/C8H18O3/c1-4-11-8(6(2)3)7(10)5-9/h6-10H,4-5H2,1-3H3/t7-,8?/m1/s1. The first-order valence-electron chi connectivity index (χ1n) is 4.04. The highest BCUT2D eigenvalue weighted by Crippen LogP contribution is 2.10. The molecule has 0 saturated carbocycles. The van der Waals surface area contributed by atoms with E-state index in [4.69, 9.17) is 9.84 Å². The Morgan fingerprint density at radius 3 is 2.18 bits per heavy atom. The predicted molar refractivity (Wildman–Crippen MR) is 43.3 cm³/mol. The zero-order valence-corrected chi connectivity index (χ0v) is 7.45. The fourth-order valence-electron chi connectivity index (χ4n) is 1.04. The van der Waals surface area contributed by atoms with E-state index in [2.05, 4.69) is 0 Å². The summed E-state index contributed by atoms with van der Waals surface area (Å²) in [7, 11) is 0. The third-order valence-corrected chi connectivity index (χ3v) is 1.58. The fraction of sp³-hybridized carbons (Fsp3) is 1.00. The molecule has 0 aromatic carbocycles. The molecular formula is C8H18O3. The summed E-state index contributed by atoms with van der Waals surface area (Å²) in [5, 5.41) is 17.9. The van der Waals surface area contributed by atoms with E-state index >= 15 is 0 Å². The molecule has 0 saturated heterocycles. The summed E-state index contributed by atoms with van der Waals surface area (Å²) < 4.78 is 5.25. The SMILES string of the molecule is CCOC(C(C)C)[C@H](O)CO. The van der Waals surface area contributed by atoms with Crippen molar-refractivity contribution in [3.8, 4) is 0 Å². The molecule has 0 aliphatic heterocycles. The van der Waals surface area contributed by atoms with Crippen LogP contribution in [0.15, 0.2) is 0 Å². The lowest BCUT2D eigenvalue weighted by Crippen LogP contribution is -2.36. The summed E-state index contributed by atoms with van der Waals surface area (Å²) in [6, 6.07) is 0. The highest BCUT2D eigenvalue weighted by Gasteiger charge is 2.21. The van der Waals surface area contributed by atoms with E-state index < -0.39 is 6.10 Å². The largest absolute Gasteiger partial charge is 0.394 e. The van der Waals surface area contributed by atoms with Gasteiger partial charge in [0.15, 0.2) is 0 Å². The van der Waals surface area contributed by atoms with E-state index in [1.807, 2.05) is 20.8 Å². The van der Waals surface area contributed by atoms with Crippen molar-refractivity contribution in [2.24, 2.45) is 5.92 Å². The van der Waals surface area contributed by atoms with Crippen LogP contribution in [0.2, 0.25) is 0 Å². The molecule has 0 fully saturated rings. The van der Waals surface area contributed by atoms with Crippen LogP contribution in [-0.4, -0.2) is 35.6 Å². The summed E-state index contributed by atoms with van der Waals surface area (Å²) in [4.78, 5) is 0. The summed E-state index contributed by atoms with van der Waals surface area (Å²) in [6.07, 6.45) is -1.00. The zero-order valence-electron chi connectivity index (χ0n) is 7.45. The topological polar surface area (TPSA) is 49.7 Å². The van der Waals surface area contributed by atoms with Gasteiger partial charge in [-0.1, -0.05) is 13.8 Å². The molecule has 0 radical (unpaired) electrons. The summed E-state index contributed by atoms with van der Waals surface area (Å²) in [5.41, 5.74) is 0. The van der Waals surface area contributed by atoms with Gasteiger partial charge in [0.25, 0.3) is 0 Å². The highest BCUT2D eigenvalue weighted by atomic mass is 16.5. The molecule has 3 nitrogen and oxygen atoms in total. The molecule has 11 heavy (non-hydrogen) atoms. The Hall–Kier alpha value is -0.120. The van der Waals surface area contributed by atoms with Gasteiger partial charge in [0, 0.05) is 6.61 Å². The minimum absolute atomic E-state index is 0.233. The number of hydrogen-bond acceptors (Lipinski definition) is 3. The number of aliphatic hydroxyl groups excluding tert-OH is 2. The number of rotatable bonds is 5. The first-order chi connectivity index (χ1) is 5.13. The average Bonchev–Trinajstić information content (AvgIpc) is 1.98. The van der Waals surface area contributed by atoms with Crippen molar-refractivity contribution in [1.29, 1.82) is 0 Å². The second-order valence-electron chi connectivity index (χ2n) is 2.91. The van der Waals surface area contributed by atoms with E-state index in [0.717, 1.165) is 0 Å². The molecule has 3 heteroatoms. The van der Waals surface area contributed by atoms with Crippen LogP contribution in [0.3, 0.4) is 0 Å². The molecule has 0 heterocycles. The molecular weight excluding hydrogens is 144 g/mol. The minimum atomic E-state index is -0.755. The molecule has 0 amide bonds. The highest BCUT2D eigenvalue weighted by molar-refractivity contribution is 4.70. The maximum absolute atomic E-state index is 9.24. The van der Waals surface area contributed by atoms with Crippen LogP contribution in [0.1, 0.15) is 20.8 Å². The maximum Gasteiger partial charge on any atom is 0.103 e. The quantitative estimate of drug-likeness (QED) is 0.615. The molecule has 0 aromatic heterocycles. The van der Waals surface area contributed by atoms with Gasteiger partial charge >= 0.3 is 0 Å². The summed E-state index contributed by atoms with van der Waals surface area (Å²) in [5.74, 6) is 0.233. The van der Waals surface area contributed by atoms with Crippen LogP contribution < -0.4 is 0 Å². The fourth-order valence-corrected chi connectivity index (χ4v) is 1.04. The van der Waals surface area contributed by atoms with Crippen LogP contribution in [0, 0.1) is 5.92 Å². The van der Waals surface area contributed by atoms with Crippen LogP contribution >= 0.6 is 0 Å². The molecule has 0 spiro atoms. The van der Waals surface area contributed by atoms with Gasteiger partial charge in [0.05, 0.1) is 12.7 Å². The van der Waals surface area contributed by atoms with Crippen molar-refractivity contribution in [3.63, 3.8) is 0 Å². The molecule has 0 bridgehead atoms. The van der Waals surface area contributed by atoms with Gasteiger partial charge in [0.1, 0.15) is 6.10 Å². The molecule has 0 aliphatic rings. The van der Waals surface area contributed by atoms with Crippen molar-refractivity contribution >= 4 is 0 Å². The third kappa shape index (κ3) is 3.70. The molecule has 0 rings (SSSR count). The summed E-state index contributed by atoms with van der Waals surface area (Å²) in [6.45, 7) is 6.13. The van der Waals surface area contributed by atoms with Gasteiger partial charge < -0.3 is 14.9 Å². The van der Waals surface area contributed by atoms with Gasteiger partial charge in [-0.3, -0.25) is 0 Å². The Morgan fingerprint density at radius 2 is 1.91 bits per heavy atom. The van der Waals surface area contributed by atoms with Gasteiger partial charge in [-0.05, 0) is 12.8 Å². The number of ether oxygens (including phenoxy) is 1. The Balaban J connectivity index is 3.87. The van der Waals surface area contributed by atoms with Crippen LogP contribution in [0.4, 0.5) is 0 Å². The van der Waals surface area contributed by atoms with E-state index in [-0.39, 0.29) is 18.6 Å². The molecule has 0 aromatic rings.